The van der Waals surface area contributed by atoms with E-state index in [2.05, 4.69) is 0 Å². The molecule has 0 aromatic heterocycles. The quantitative estimate of drug-likeness (QED) is 0.584. The minimum absolute atomic E-state index is 0. The fraction of sp³-hybridized carbons (Fsp3) is 0. The van der Waals surface area contributed by atoms with E-state index in [9.17, 15) is 14.3 Å². The van der Waals surface area contributed by atoms with E-state index in [-0.39, 0.29) is 35.0 Å². The van der Waals surface area contributed by atoms with Crippen molar-refractivity contribution >= 4 is 24.1 Å². The first kappa shape index (κ1) is 14.8. The number of hydrogen-bond acceptors (Lipinski definition) is 3. The Kier molecular flexibility index (Phi) is 4.34. The van der Waals surface area contributed by atoms with Gasteiger partial charge in [0.2, 0.25) is 0 Å². The second kappa shape index (κ2) is 5.58. The molecule has 0 atom stereocenters. The Morgan fingerprint density at radius 3 is 2.53 bits per heavy atom. The highest BCUT2D eigenvalue weighted by Gasteiger charge is 2.12. The van der Waals surface area contributed by atoms with Crippen LogP contribution in [0.25, 0.3) is 11.1 Å². The van der Waals surface area contributed by atoms with Crippen molar-refractivity contribution in [3.05, 3.63) is 47.8 Å². The summed E-state index contributed by atoms with van der Waals surface area (Å²) in [5.74, 6) is -1.96. The number of nitrogens with two attached hydrogens (primary N) is 1. The van der Waals surface area contributed by atoms with Gasteiger partial charge in [0.05, 0.1) is 11.3 Å². The van der Waals surface area contributed by atoms with Crippen molar-refractivity contribution in [2.75, 3.05) is 5.73 Å². The number of aromatic carboxylic acids is 1. The second-order valence-corrected chi connectivity index (χ2v) is 3.78. The van der Waals surface area contributed by atoms with Crippen LogP contribution in [0.1, 0.15) is 10.4 Å². The summed E-state index contributed by atoms with van der Waals surface area (Å²) in [6.07, 6.45) is 0. The Hall–Kier alpha value is -2.27. The average molecular weight is 284 g/mol. The van der Waals surface area contributed by atoms with Crippen LogP contribution in [0.2, 0.25) is 0 Å². The molecule has 19 heavy (non-hydrogen) atoms. The number of benzene rings is 2. The Balaban J connectivity index is 0.00000180. The molecule has 0 bridgehead atoms. The molecule has 4 nitrogen and oxygen atoms in total. The Morgan fingerprint density at radius 2 is 1.89 bits per heavy atom. The third-order valence-electron chi connectivity index (χ3n) is 2.52. The van der Waals surface area contributed by atoms with Crippen molar-refractivity contribution in [3.63, 3.8) is 0 Å². The topological polar surface area (TPSA) is 83.6 Å². The maximum Gasteiger partial charge on any atom is 0.335 e. The molecule has 0 fully saturated rings. The van der Waals surface area contributed by atoms with Crippen LogP contribution in [0.4, 0.5) is 10.1 Å². The molecular weight excluding hydrogens is 273 g/mol. The summed E-state index contributed by atoms with van der Waals surface area (Å²) in [5.41, 5.74) is 5.96. The van der Waals surface area contributed by atoms with Crippen LogP contribution in [-0.2, 0) is 0 Å². The molecule has 0 aliphatic heterocycles. The molecule has 0 radical (unpaired) electrons. The minimum Gasteiger partial charge on any atom is -0.505 e. The molecule has 0 heterocycles. The minimum atomic E-state index is -1.10. The zero-order chi connectivity index (χ0) is 13.3. The number of carboxylic acid groups (broad SMARTS) is 1. The van der Waals surface area contributed by atoms with Crippen LogP contribution < -0.4 is 5.73 Å². The lowest BCUT2D eigenvalue weighted by Gasteiger charge is -2.08. The lowest BCUT2D eigenvalue weighted by atomic mass is 10.0. The largest absolute Gasteiger partial charge is 0.505 e. The molecule has 0 saturated carbocycles. The zero-order valence-corrected chi connectivity index (χ0v) is 10.4. The lowest BCUT2D eigenvalue weighted by molar-refractivity contribution is 0.0697. The van der Waals surface area contributed by atoms with E-state index in [0.717, 1.165) is 12.1 Å². The van der Waals surface area contributed by atoms with Gasteiger partial charge in [-0.2, -0.15) is 0 Å². The van der Waals surface area contributed by atoms with Crippen LogP contribution in [0, 0.1) is 5.82 Å². The summed E-state index contributed by atoms with van der Waals surface area (Å²) in [7, 11) is 0. The first-order chi connectivity index (χ1) is 8.49. The third kappa shape index (κ3) is 2.95. The molecule has 0 aliphatic carbocycles. The van der Waals surface area contributed by atoms with Gasteiger partial charge in [0, 0.05) is 11.6 Å². The summed E-state index contributed by atoms with van der Waals surface area (Å²) < 4.78 is 13.2. The monoisotopic (exact) mass is 283 g/mol. The van der Waals surface area contributed by atoms with Gasteiger partial charge >= 0.3 is 5.97 Å². The number of hydrogen-bond donors (Lipinski definition) is 3. The molecular formula is C13H11ClFNO3. The van der Waals surface area contributed by atoms with Crippen molar-refractivity contribution in [1.29, 1.82) is 0 Å². The van der Waals surface area contributed by atoms with Crippen LogP contribution in [0.5, 0.6) is 5.75 Å². The SMILES string of the molecule is Cl.Nc1cc(F)cc(-c2cccc(C(=O)O)c2)c1O. The highest BCUT2D eigenvalue weighted by Crippen LogP contribution is 2.35. The maximum absolute atomic E-state index is 13.2. The van der Waals surface area contributed by atoms with Gasteiger partial charge in [-0.15, -0.1) is 12.4 Å². The molecule has 4 N–H and O–H groups in total. The fourth-order valence-electron chi connectivity index (χ4n) is 1.66. The maximum atomic E-state index is 13.2. The van der Waals surface area contributed by atoms with Crippen molar-refractivity contribution in [2.45, 2.75) is 0 Å². The highest BCUT2D eigenvalue weighted by molar-refractivity contribution is 5.90. The number of carboxylic acids is 1. The van der Waals surface area contributed by atoms with Gasteiger partial charge in [-0.3, -0.25) is 0 Å². The number of anilines is 1. The molecule has 2 aromatic rings. The Morgan fingerprint density at radius 1 is 1.21 bits per heavy atom. The van der Waals surface area contributed by atoms with Crippen LogP contribution >= 0.6 is 12.4 Å². The van der Waals surface area contributed by atoms with Crippen molar-refractivity contribution in [3.8, 4) is 16.9 Å². The van der Waals surface area contributed by atoms with E-state index in [1.54, 1.807) is 6.07 Å². The van der Waals surface area contributed by atoms with E-state index in [4.69, 9.17) is 10.8 Å². The van der Waals surface area contributed by atoms with Gasteiger partial charge in [-0.25, -0.2) is 9.18 Å². The number of rotatable bonds is 2. The summed E-state index contributed by atoms with van der Waals surface area (Å²) in [4.78, 5) is 10.8. The Bertz CT molecular complexity index is 631. The lowest BCUT2D eigenvalue weighted by Crippen LogP contribution is -1.96. The van der Waals surface area contributed by atoms with Crippen LogP contribution in [0.3, 0.4) is 0 Å². The van der Waals surface area contributed by atoms with Gasteiger partial charge in [-0.05, 0) is 23.8 Å². The summed E-state index contributed by atoms with van der Waals surface area (Å²) in [5, 5.41) is 18.6. The molecule has 0 unspecified atom stereocenters. The number of aromatic hydroxyl groups is 1. The summed E-state index contributed by atoms with van der Waals surface area (Å²) in [6.45, 7) is 0. The third-order valence-corrected chi connectivity index (χ3v) is 2.52. The van der Waals surface area contributed by atoms with Crippen LogP contribution in [0.15, 0.2) is 36.4 Å². The zero-order valence-electron chi connectivity index (χ0n) is 9.63. The predicted octanol–water partition coefficient (Wildman–Crippen LogP) is 2.90. The van der Waals surface area contributed by atoms with Gasteiger partial charge in [0.1, 0.15) is 11.6 Å². The van der Waals surface area contributed by atoms with E-state index in [1.165, 1.54) is 18.2 Å². The first-order valence-corrected chi connectivity index (χ1v) is 5.11. The molecule has 0 aliphatic rings. The molecule has 6 heteroatoms. The predicted molar refractivity (Wildman–Crippen MR) is 72.1 cm³/mol. The summed E-state index contributed by atoms with van der Waals surface area (Å²) in [6, 6.07) is 7.94. The first-order valence-electron chi connectivity index (χ1n) is 5.11. The van der Waals surface area contributed by atoms with Crippen molar-refractivity contribution in [2.24, 2.45) is 0 Å². The molecule has 2 rings (SSSR count). The van der Waals surface area contributed by atoms with E-state index in [1.807, 2.05) is 0 Å². The van der Waals surface area contributed by atoms with E-state index >= 15 is 0 Å². The standard InChI is InChI=1S/C13H10FNO3.ClH/c14-9-5-10(12(16)11(15)6-9)7-2-1-3-8(4-7)13(17)18;/h1-6,16H,15H2,(H,17,18);1H. The number of nitrogen functional groups attached to an aromatic ring is 1. The molecule has 100 valence electrons. The number of halogens is 2. The van der Waals surface area contributed by atoms with E-state index < -0.39 is 11.8 Å². The molecule has 2 aromatic carbocycles. The Labute approximate surface area is 114 Å². The number of phenolic OH excluding ortho intramolecular Hbond substituents is 1. The van der Waals surface area contributed by atoms with Gasteiger partial charge < -0.3 is 15.9 Å². The normalized spacial score (nSPS) is 9.74. The van der Waals surface area contributed by atoms with Crippen molar-refractivity contribution < 1.29 is 19.4 Å². The number of carbonyl (C=O) groups is 1. The van der Waals surface area contributed by atoms with Crippen molar-refractivity contribution in [1.82, 2.24) is 0 Å². The smallest absolute Gasteiger partial charge is 0.335 e. The van der Waals surface area contributed by atoms with Gasteiger partial charge in [-0.1, -0.05) is 12.1 Å². The fourth-order valence-corrected chi connectivity index (χ4v) is 1.66. The highest BCUT2D eigenvalue weighted by atomic mass is 35.5. The molecule has 0 amide bonds. The number of phenols is 1. The van der Waals surface area contributed by atoms with E-state index in [0.29, 0.717) is 5.56 Å². The average Bonchev–Trinajstić information content (AvgIpc) is 2.34. The van der Waals surface area contributed by atoms with Crippen LogP contribution in [-0.4, -0.2) is 16.2 Å². The molecule has 0 spiro atoms. The van der Waals surface area contributed by atoms with Gasteiger partial charge in [0.25, 0.3) is 0 Å². The summed E-state index contributed by atoms with van der Waals surface area (Å²) >= 11 is 0. The van der Waals surface area contributed by atoms with Gasteiger partial charge in [0.15, 0.2) is 0 Å². The second-order valence-electron chi connectivity index (χ2n) is 3.78. The molecule has 0 saturated heterocycles.